The molecule has 0 atom stereocenters. The van der Waals surface area contributed by atoms with Gasteiger partial charge < -0.3 is 9.47 Å². The molecule has 2 aromatic rings. The van der Waals surface area contributed by atoms with Gasteiger partial charge in [0.15, 0.2) is 11.5 Å². The van der Waals surface area contributed by atoms with Crippen LogP contribution in [0.3, 0.4) is 0 Å². The van der Waals surface area contributed by atoms with Crippen LogP contribution in [0.25, 0.3) is 5.69 Å². The zero-order valence-electron chi connectivity index (χ0n) is 11.7. The molecule has 0 saturated heterocycles. The minimum atomic E-state index is -0.820. The van der Waals surface area contributed by atoms with Crippen LogP contribution in [0.1, 0.15) is 16.1 Å². The Morgan fingerprint density at radius 2 is 1.86 bits per heavy atom. The first kappa shape index (κ1) is 15.1. The van der Waals surface area contributed by atoms with E-state index in [0.29, 0.717) is 22.9 Å². The van der Waals surface area contributed by atoms with Crippen molar-refractivity contribution in [3.05, 3.63) is 45.9 Å². The molecule has 0 spiro atoms. The Balaban J connectivity index is 2.67. The Hall–Kier alpha value is -2.34. The molecule has 0 aliphatic rings. The fourth-order valence-corrected chi connectivity index (χ4v) is 2.02. The fraction of sp³-hybridized carbons (Fsp3) is 0.214. The van der Waals surface area contributed by atoms with Crippen LogP contribution in [-0.4, -0.2) is 29.2 Å². The van der Waals surface area contributed by atoms with E-state index >= 15 is 0 Å². The highest BCUT2D eigenvalue weighted by molar-refractivity contribution is 6.67. The molecule has 1 heterocycles. The van der Waals surface area contributed by atoms with Gasteiger partial charge in [0.25, 0.3) is 10.8 Å². The molecular formula is C14H13ClN2O4. The fourth-order valence-electron chi connectivity index (χ4n) is 1.89. The van der Waals surface area contributed by atoms with Crippen molar-refractivity contribution in [2.45, 2.75) is 6.92 Å². The predicted molar refractivity (Wildman–Crippen MR) is 77.9 cm³/mol. The minimum Gasteiger partial charge on any atom is -0.493 e. The summed E-state index contributed by atoms with van der Waals surface area (Å²) in [6, 6.07) is 6.23. The SMILES string of the molecule is COc1ccc(-n2nc(C)cc(C(=O)Cl)c2=O)cc1OC. The van der Waals surface area contributed by atoms with Crippen molar-refractivity contribution >= 4 is 16.8 Å². The summed E-state index contributed by atoms with van der Waals surface area (Å²) in [7, 11) is 3.00. The number of rotatable bonds is 4. The van der Waals surface area contributed by atoms with E-state index < -0.39 is 10.8 Å². The molecule has 1 aromatic carbocycles. The number of methoxy groups -OCH3 is 2. The maximum atomic E-state index is 12.2. The van der Waals surface area contributed by atoms with E-state index in [2.05, 4.69) is 5.10 Å². The van der Waals surface area contributed by atoms with Gasteiger partial charge in [0.05, 0.1) is 25.6 Å². The normalized spacial score (nSPS) is 10.3. The van der Waals surface area contributed by atoms with Gasteiger partial charge in [0, 0.05) is 6.07 Å². The van der Waals surface area contributed by atoms with Gasteiger partial charge in [0.2, 0.25) is 0 Å². The molecule has 0 saturated carbocycles. The lowest BCUT2D eigenvalue weighted by Gasteiger charge is -2.11. The monoisotopic (exact) mass is 308 g/mol. The van der Waals surface area contributed by atoms with Crippen LogP contribution >= 0.6 is 11.6 Å². The number of carbonyl (C=O) groups excluding carboxylic acids is 1. The van der Waals surface area contributed by atoms with Crippen molar-refractivity contribution in [3.8, 4) is 17.2 Å². The Morgan fingerprint density at radius 3 is 2.43 bits per heavy atom. The smallest absolute Gasteiger partial charge is 0.283 e. The lowest BCUT2D eigenvalue weighted by atomic mass is 10.2. The van der Waals surface area contributed by atoms with Gasteiger partial charge >= 0.3 is 0 Å². The number of ether oxygens (including phenoxy) is 2. The van der Waals surface area contributed by atoms with Gasteiger partial charge in [-0.3, -0.25) is 9.59 Å². The first-order chi connectivity index (χ1) is 9.97. The van der Waals surface area contributed by atoms with Crippen molar-refractivity contribution < 1.29 is 14.3 Å². The van der Waals surface area contributed by atoms with Gasteiger partial charge in [0.1, 0.15) is 5.56 Å². The zero-order valence-corrected chi connectivity index (χ0v) is 12.5. The summed E-state index contributed by atoms with van der Waals surface area (Å²) in [5, 5.41) is 3.29. The molecule has 0 unspecified atom stereocenters. The van der Waals surface area contributed by atoms with Crippen molar-refractivity contribution in [2.75, 3.05) is 14.2 Å². The Kier molecular flexibility index (Phi) is 4.28. The summed E-state index contributed by atoms with van der Waals surface area (Å²) >= 11 is 5.42. The van der Waals surface area contributed by atoms with Gasteiger partial charge in [-0.05, 0) is 36.7 Å². The van der Waals surface area contributed by atoms with Crippen LogP contribution < -0.4 is 15.0 Å². The Labute approximate surface area is 125 Å². The average molecular weight is 309 g/mol. The zero-order chi connectivity index (χ0) is 15.6. The largest absolute Gasteiger partial charge is 0.493 e. The van der Waals surface area contributed by atoms with Crippen molar-refractivity contribution in [1.29, 1.82) is 0 Å². The highest BCUT2D eigenvalue weighted by Crippen LogP contribution is 2.28. The Morgan fingerprint density at radius 1 is 1.19 bits per heavy atom. The van der Waals surface area contributed by atoms with E-state index in [1.807, 2.05) is 0 Å². The maximum absolute atomic E-state index is 12.2. The topological polar surface area (TPSA) is 70.4 Å². The standard InChI is InChI=1S/C14H13ClN2O4/c1-8-6-10(13(15)18)14(19)17(16-8)9-4-5-11(20-2)12(7-9)21-3/h4-7H,1-3H3. The number of benzene rings is 1. The van der Waals surface area contributed by atoms with Crippen LogP contribution in [0.4, 0.5) is 0 Å². The molecule has 6 nitrogen and oxygen atoms in total. The highest BCUT2D eigenvalue weighted by Gasteiger charge is 2.15. The summed E-state index contributed by atoms with van der Waals surface area (Å²) in [6.07, 6.45) is 0. The summed E-state index contributed by atoms with van der Waals surface area (Å²) in [5.74, 6) is 0.972. The molecule has 0 aliphatic heterocycles. The number of aromatic nitrogens is 2. The van der Waals surface area contributed by atoms with E-state index in [-0.39, 0.29) is 5.56 Å². The van der Waals surface area contributed by atoms with Gasteiger partial charge in [-0.2, -0.15) is 9.78 Å². The van der Waals surface area contributed by atoms with Crippen molar-refractivity contribution in [3.63, 3.8) is 0 Å². The summed E-state index contributed by atoms with van der Waals surface area (Å²) in [5.41, 5.74) is 0.223. The molecule has 0 bridgehead atoms. The average Bonchev–Trinajstić information content (AvgIpc) is 2.48. The van der Waals surface area contributed by atoms with E-state index in [0.717, 1.165) is 4.68 Å². The summed E-state index contributed by atoms with van der Waals surface area (Å²) in [6.45, 7) is 1.67. The second kappa shape index (κ2) is 5.97. The molecule has 0 radical (unpaired) electrons. The van der Waals surface area contributed by atoms with Gasteiger partial charge in [-0.25, -0.2) is 0 Å². The Bertz CT molecular complexity index is 755. The second-order valence-electron chi connectivity index (χ2n) is 4.23. The molecule has 110 valence electrons. The molecular weight excluding hydrogens is 296 g/mol. The van der Waals surface area contributed by atoms with Crippen LogP contribution in [0.5, 0.6) is 11.5 Å². The molecule has 7 heteroatoms. The number of carbonyl (C=O) groups is 1. The third kappa shape index (κ3) is 2.90. The van der Waals surface area contributed by atoms with Gasteiger partial charge in [-0.15, -0.1) is 0 Å². The molecule has 0 fully saturated rings. The first-order valence-corrected chi connectivity index (χ1v) is 6.39. The second-order valence-corrected chi connectivity index (χ2v) is 4.57. The van der Waals surface area contributed by atoms with E-state index in [4.69, 9.17) is 21.1 Å². The molecule has 0 N–H and O–H groups in total. The van der Waals surface area contributed by atoms with Crippen LogP contribution in [0.15, 0.2) is 29.1 Å². The maximum Gasteiger partial charge on any atom is 0.283 e. The van der Waals surface area contributed by atoms with Crippen LogP contribution in [-0.2, 0) is 0 Å². The lowest BCUT2D eigenvalue weighted by Crippen LogP contribution is -2.26. The number of nitrogens with zero attached hydrogens (tertiary/aromatic N) is 2. The molecule has 21 heavy (non-hydrogen) atoms. The van der Waals surface area contributed by atoms with E-state index in [1.165, 1.54) is 20.3 Å². The third-order valence-corrected chi connectivity index (χ3v) is 3.06. The number of aryl methyl sites for hydroxylation is 1. The predicted octanol–water partition coefficient (Wildman–Crippen LogP) is 1.94. The van der Waals surface area contributed by atoms with E-state index in [1.54, 1.807) is 25.1 Å². The summed E-state index contributed by atoms with van der Waals surface area (Å²) < 4.78 is 11.4. The van der Waals surface area contributed by atoms with Crippen molar-refractivity contribution in [1.82, 2.24) is 9.78 Å². The third-order valence-electron chi connectivity index (χ3n) is 2.86. The van der Waals surface area contributed by atoms with Crippen molar-refractivity contribution in [2.24, 2.45) is 0 Å². The highest BCUT2D eigenvalue weighted by atomic mass is 35.5. The molecule has 1 aromatic heterocycles. The number of hydrogen-bond acceptors (Lipinski definition) is 5. The van der Waals surface area contributed by atoms with Crippen LogP contribution in [0.2, 0.25) is 0 Å². The molecule has 0 amide bonds. The molecule has 0 aliphatic carbocycles. The first-order valence-electron chi connectivity index (χ1n) is 6.01. The lowest BCUT2D eigenvalue weighted by molar-refractivity contribution is 0.107. The van der Waals surface area contributed by atoms with Gasteiger partial charge in [-0.1, -0.05) is 0 Å². The minimum absolute atomic E-state index is 0.126. The van der Waals surface area contributed by atoms with Crippen LogP contribution in [0, 0.1) is 6.92 Å². The molecule has 2 rings (SSSR count). The number of hydrogen-bond donors (Lipinski definition) is 0. The quantitative estimate of drug-likeness (QED) is 0.807. The number of halogens is 1. The summed E-state index contributed by atoms with van der Waals surface area (Å²) in [4.78, 5) is 23.5. The van der Waals surface area contributed by atoms with E-state index in [9.17, 15) is 9.59 Å².